The number of hydrogen-bond donors (Lipinski definition) is 1. The van der Waals surface area contributed by atoms with Crippen LogP contribution in [0.1, 0.15) is 0 Å². The molecule has 0 atom stereocenters. The number of benzene rings is 1. The van der Waals surface area contributed by atoms with Gasteiger partial charge in [0.1, 0.15) is 0 Å². The summed E-state index contributed by atoms with van der Waals surface area (Å²) in [5.74, 6) is 0.743. The molecule has 0 unspecified atom stereocenters. The smallest absolute Gasteiger partial charge is 0.243 e. The molecule has 0 saturated carbocycles. The normalized spacial score (nSPS) is 9.67. The minimum Gasteiger partial charge on any atom is -0.352 e. The van der Waals surface area contributed by atoms with Gasteiger partial charge in [0.2, 0.25) is 5.91 Å². The predicted molar refractivity (Wildman–Crippen MR) is 68.1 cm³/mol. The summed E-state index contributed by atoms with van der Waals surface area (Å²) in [4.78, 5) is 12.0. The van der Waals surface area contributed by atoms with Gasteiger partial charge in [-0.1, -0.05) is 22.5 Å². The Bertz CT molecular complexity index is 337. The monoisotopic (exact) mass is 285 g/mol. The Balaban J connectivity index is 2.23. The van der Waals surface area contributed by atoms with Crippen molar-refractivity contribution in [1.29, 1.82) is 0 Å². The third-order valence-electron chi connectivity index (χ3n) is 1.67. The zero-order chi connectivity index (χ0) is 11.1. The third kappa shape index (κ3) is 5.04. The summed E-state index contributed by atoms with van der Waals surface area (Å²) in [7, 11) is 0. The van der Waals surface area contributed by atoms with Crippen molar-refractivity contribution in [2.24, 2.45) is 0 Å². The Labute approximate surface area is 102 Å². The fraction of sp³-hybridized carbons (Fsp3) is 0.182. The largest absolute Gasteiger partial charge is 0.352 e. The van der Waals surface area contributed by atoms with E-state index in [9.17, 15) is 4.79 Å². The Morgan fingerprint density at radius 3 is 2.73 bits per heavy atom. The van der Waals surface area contributed by atoms with Crippen molar-refractivity contribution in [3.63, 3.8) is 0 Å². The molecular weight excluding hydrogens is 274 g/mol. The van der Waals surface area contributed by atoms with Gasteiger partial charge in [0.05, 0.1) is 0 Å². The number of rotatable bonds is 5. The molecule has 0 saturated heterocycles. The highest BCUT2D eigenvalue weighted by molar-refractivity contribution is 9.10. The fourth-order valence-electron chi connectivity index (χ4n) is 0.946. The molecule has 0 aromatic heterocycles. The van der Waals surface area contributed by atoms with Crippen molar-refractivity contribution < 1.29 is 4.79 Å². The van der Waals surface area contributed by atoms with E-state index in [0.29, 0.717) is 6.54 Å². The van der Waals surface area contributed by atoms with E-state index in [1.165, 1.54) is 11.0 Å². The van der Waals surface area contributed by atoms with E-state index in [2.05, 4.69) is 27.8 Å². The average molecular weight is 286 g/mol. The van der Waals surface area contributed by atoms with Gasteiger partial charge in [-0.3, -0.25) is 4.79 Å². The van der Waals surface area contributed by atoms with E-state index >= 15 is 0 Å². The van der Waals surface area contributed by atoms with Crippen LogP contribution in [0.4, 0.5) is 0 Å². The van der Waals surface area contributed by atoms with E-state index in [1.807, 2.05) is 24.3 Å². The molecule has 0 radical (unpaired) electrons. The van der Waals surface area contributed by atoms with Gasteiger partial charge in [-0.15, -0.1) is 11.8 Å². The van der Waals surface area contributed by atoms with Gasteiger partial charge in [-0.25, -0.2) is 0 Å². The van der Waals surface area contributed by atoms with Crippen LogP contribution in [0.15, 0.2) is 46.3 Å². The minimum absolute atomic E-state index is 0.119. The van der Waals surface area contributed by atoms with Crippen LogP contribution in [-0.2, 0) is 4.79 Å². The molecule has 1 aromatic carbocycles. The van der Waals surface area contributed by atoms with Crippen LogP contribution in [0.2, 0.25) is 0 Å². The van der Waals surface area contributed by atoms with Crippen LogP contribution in [0.25, 0.3) is 0 Å². The van der Waals surface area contributed by atoms with Crippen LogP contribution in [0.5, 0.6) is 0 Å². The Morgan fingerprint density at radius 2 is 2.13 bits per heavy atom. The van der Waals surface area contributed by atoms with Gasteiger partial charge in [0.25, 0.3) is 0 Å². The van der Waals surface area contributed by atoms with Gasteiger partial charge >= 0.3 is 0 Å². The molecule has 0 aliphatic heterocycles. The Morgan fingerprint density at radius 1 is 1.47 bits per heavy atom. The summed E-state index contributed by atoms with van der Waals surface area (Å²) in [6.07, 6.45) is 1.28. The van der Waals surface area contributed by atoms with Crippen molar-refractivity contribution in [3.8, 4) is 0 Å². The lowest BCUT2D eigenvalue weighted by molar-refractivity contribution is -0.116. The van der Waals surface area contributed by atoms with Gasteiger partial charge < -0.3 is 5.32 Å². The molecule has 0 spiro atoms. The number of halogens is 1. The highest BCUT2D eigenvalue weighted by Crippen LogP contribution is 2.19. The standard InChI is InChI=1S/C11H12BrNOS/c1-2-11(14)13-7-8-15-10-5-3-9(12)4-6-10/h2-6H,1,7-8H2,(H,13,14). The van der Waals surface area contributed by atoms with E-state index in [-0.39, 0.29) is 5.91 Å². The second kappa shape index (κ2) is 6.69. The van der Waals surface area contributed by atoms with E-state index in [0.717, 1.165) is 10.2 Å². The van der Waals surface area contributed by atoms with Gasteiger partial charge in [-0.2, -0.15) is 0 Å². The first-order valence-electron chi connectivity index (χ1n) is 4.51. The first-order valence-corrected chi connectivity index (χ1v) is 6.29. The molecule has 0 heterocycles. The molecule has 15 heavy (non-hydrogen) atoms. The summed E-state index contributed by atoms with van der Waals surface area (Å²) in [6, 6.07) is 8.10. The number of nitrogens with one attached hydrogen (secondary N) is 1. The molecule has 0 fully saturated rings. The molecule has 80 valence electrons. The molecule has 0 aliphatic carbocycles. The van der Waals surface area contributed by atoms with Crippen LogP contribution in [-0.4, -0.2) is 18.2 Å². The van der Waals surface area contributed by atoms with Gasteiger partial charge in [-0.05, 0) is 30.3 Å². The quantitative estimate of drug-likeness (QED) is 0.512. The van der Waals surface area contributed by atoms with Crippen LogP contribution in [0, 0.1) is 0 Å². The highest BCUT2D eigenvalue weighted by Gasteiger charge is 1.95. The first kappa shape index (κ1) is 12.3. The molecule has 0 aliphatic rings. The maximum absolute atomic E-state index is 10.8. The molecule has 1 amide bonds. The van der Waals surface area contributed by atoms with Crippen molar-refractivity contribution in [2.45, 2.75) is 4.90 Å². The molecule has 0 bridgehead atoms. The predicted octanol–water partition coefficient (Wildman–Crippen LogP) is 2.84. The van der Waals surface area contributed by atoms with Crippen molar-refractivity contribution in [1.82, 2.24) is 5.32 Å². The van der Waals surface area contributed by atoms with Crippen molar-refractivity contribution in [2.75, 3.05) is 12.3 Å². The zero-order valence-corrected chi connectivity index (χ0v) is 10.6. The molecule has 2 nitrogen and oxygen atoms in total. The topological polar surface area (TPSA) is 29.1 Å². The average Bonchev–Trinajstić information content (AvgIpc) is 2.26. The number of hydrogen-bond acceptors (Lipinski definition) is 2. The highest BCUT2D eigenvalue weighted by atomic mass is 79.9. The van der Waals surface area contributed by atoms with Gasteiger partial charge in [0, 0.05) is 21.7 Å². The lowest BCUT2D eigenvalue weighted by atomic mass is 10.4. The van der Waals surface area contributed by atoms with Crippen LogP contribution in [0.3, 0.4) is 0 Å². The maximum atomic E-state index is 10.8. The molecule has 1 aromatic rings. The SMILES string of the molecule is C=CC(=O)NCCSc1ccc(Br)cc1. The van der Waals surface area contributed by atoms with Gasteiger partial charge in [0.15, 0.2) is 0 Å². The molecule has 1 rings (SSSR count). The van der Waals surface area contributed by atoms with E-state index < -0.39 is 0 Å². The number of carbonyl (C=O) groups is 1. The summed E-state index contributed by atoms with van der Waals surface area (Å²) in [6.45, 7) is 4.04. The third-order valence-corrected chi connectivity index (χ3v) is 3.21. The van der Waals surface area contributed by atoms with E-state index in [1.54, 1.807) is 11.8 Å². The van der Waals surface area contributed by atoms with E-state index in [4.69, 9.17) is 0 Å². The Kier molecular flexibility index (Phi) is 5.50. The molecule has 1 N–H and O–H groups in total. The maximum Gasteiger partial charge on any atom is 0.243 e. The second-order valence-corrected chi connectivity index (χ2v) is 4.88. The summed E-state index contributed by atoms with van der Waals surface area (Å²) in [5.41, 5.74) is 0. The number of carbonyl (C=O) groups excluding carboxylic acids is 1. The summed E-state index contributed by atoms with van der Waals surface area (Å²) < 4.78 is 1.08. The second-order valence-electron chi connectivity index (χ2n) is 2.80. The zero-order valence-electron chi connectivity index (χ0n) is 8.20. The van der Waals surface area contributed by atoms with Crippen molar-refractivity contribution in [3.05, 3.63) is 41.4 Å². The lowest BCUT2D eigenvalue weighted by Crippen LogP contribution is -2.23. The first-order chi connectivity index (χ1) is 7.22. The van der Waals surface area contributed by atoms with Crippen molar-refractivity contribution >= 4 is 33.6 Å². The molecule has 4 heteroatoms. The number of thioether (sulfide) groups is 1. The minimum atomic E-state index is -0.119. The summed E-state index contributed by atoms with van der Waals surface area (Å²) in [5, 5.41) is 2.73. The number of amides is 1. The molecular formula is C11H12BrNOS. The fourth-order valence-corrected chi connectivity index (χ4v) is 1.98. The lowest BCUT2D eigenvalue weighted by Gasteiger charge is -2.02. The van der Waals surface area contributed by atoms with Crippen LogP contribution < -0.4 is 5.32 Å². The summed E-state index contributed by atoms with van der Waals surface area (Å²) >= 11 is 5.09. The Hall–Kier alpha value is -0.740. The van der Waals surface area contributed by atoms with Crippen LogP contribution >= 0.6 is 27.7 Å².